The Hall–Kier alpha value is -2.66. The van der Waals surface area contributed by atoms with Gasteiger partial charge < -0.3 is 9.64 Å². The van der Waals surface area contributed by atoms with Gasteiger partial charge in [0.15, 0.2) is 11.6 Å². The summed E-state index contributed by atoms with van der Waals surface area (Å²) in [6.07, 6.45) is -0.175. The molecule has 0 fully saturated rings. The molecule has 0 saturated heterocycles. The van der Waals surface area contributed by atoms with Gasteiger partial charge >= 0.3 is 6.61 Å². The van der Waals surface area contributed by atoms with E-state index in [1.54, 1.807) is 0 Å². The number of carbonyl (C=O) groups is 1. The van der Waals surface area contributed by atoms with Crippen LogP contribution < -0.4 is 9.46 Å². The number of nitrogens with one attached hydrogen (secondary N) is 1. The molecule has 0 aliphatic heterocycles. The van der Waals surface area contributed by atoms with Gasteiger partial charge in [0.25, 0.3) is 0 Å². The molecule has 6 nitrogen and oxygen atoms in total. The highest BCUT2D eigenvalue weighted by Crippen LogP contribution is 2.16. The van der Waals surface area contributed by atoms with E-state index in [1.807, 2.05) is 0 Å². The topological polar surface area (TPSA) is 75.7 Å². The van der Waals surface area contributed by atoms with Crippen molar-refractivity contribution in [3.63, 3.8) is 0 Å². The highest BCUT2D eigenvalue weighted by Gasteiger charge is 2.17. The van der Waals surface area contributed by atoms with Crippen molar-refractivity contribution in [2.24, 2.45) is 0 Å². The number of nitrogens with zero attached hydrogens (tertiary/aromatic N) is 1. The van der Waals surface area contributed by atoms with Crippen molar-refractivity contribution in [1.29, 1.82) is 0 Å². The first-order chi connectivity index (χ1) is 13.6. The third kappa shape index (κ3) is 6.71. The fourth-order valence-corrected chi connectivity index (χ4v) is 3.39. The average Bonchev–Trinajstić information content (AvgIpc) is 2.64. The number of sulfonamides is 1. The summed E-state index contributed by atoms with van der Waals surface area (Å²) in [4.78, 5) is 13.0. The molecule has 11 heteroatoms. The van der Waals surface area contributed by atoms with Crippen LogP contribution in [0.2, 0.25) is 0 Å². The number of benzene rings is 2. The first-order valence-corrected chi connectivity index (χ1v) is 9.79. The van der Waals surface area contributed by atoms with Gasteiger partial charge in [-0.1, -0.05) is 12.1 Å². The Labute approximate surface area is 165 Å². The van der Waals surface area contributed by atoms with E-state index in [2.05, 4.69) is 9.46 Å². The first kappa shape index (κ1) is 22.6. The lowest BCUT2D eigenvalue weighted by molar-refractivity contribution is -0.130. The van der Waals surface area contributed by atoms with Gasteiger partial charge in [0, 0.05) is 26.6 Å². The zero-order valence-corrected chi connectivity index (χ0v) is 16.1. The largest absolute Gasteiger partial charge is 0.435 e. The lowest BCUT2D eigenvalue weighted by Crippen LogP contribution is -2.32. The summed E-state index contributed by atoms with van der Waals surface area (Å²) in [6, 6.07) is 7.88. The molecule has 1 N–H and O–H groups in total. The molecule has 0 spiro atoms. The Balaban J connectivity index is 1.85. The van der Waals surface area contributed by atoms with Gasteiger partial charge in [0.2, 0.25) is 15.9 Å². The summed E-state index contributed by atoms with van der Waals surface area (Å²) < 4.78 is 80.8. The van der Waals surface area contributed by atoms with Crippen molar-refractivity contribution in [2.75, 3.05) is 13.6 Å². The Morgan fingerprint density at radius 1 is 1.10 bits per heavy atom. The smallest absolute Gasteiger partial charge is 0.387 e. The average molecular weight is 434 g/mol. The zero-order valence-electron chi connectivity index (χ0n) is 15.2. The van der Waals surface area contributed by atoms with E-state index < -0.39 is 33.2 Å². The van der Waals surface area contributed by atoms with Crippen LogP contribution in [0.5, 0.6) is 5.75 Å². The maximum Gasteiger partial charge on any atom is 0.387 e. The van der Waals surface area contributed by atoms with Crippen LogP contribution in [0.3, 0.4) is 0 Å². The molecule has 2 aromatic rings. The van der Waals surface area contributed by atoms with Crippen molar-refractivity contribution in [3.8, 4) is 5.75 Å². The van der Waals surface area contributed by atoms with E-state index in [9.17, 15) is 30.8 Å². The molecule has 0 aromatic heterocycles. The predicted octanol–water partition coefficient (Wildman–Crippen LogP) is 2.89. The van der Waals surface area contributed by atoms with Crippen LogP contribution >= 0.6 is 0 Å². The van der Waals surface area contributed by atoms with Crippen LogP contribution in [0.4, 0.5) is 17.6 Å². The van der Waals surface area contributed by atoms with Crippen LogP contribution in [0.15, 0.2) is 47.4 Å². The van der Waals surface area contributed by atoms with Crippen LogP contribution in [0.25, 0.3) is 0 Å². The van der Waals surface area contributed by atoms with E-state index in [0.717, 1.165) is 6.07 Å². The number of alkyl halides is 2. The highest BCUT2D eigenvalue weighted by molar-refractivity contribution is 7.89. The molecule has 2 aromatic carbocycles. The first-order valence-electron chi connectivity index (χ1n) is 8.31. The third-order valence-corrected chi connectivity index (χ3v) is 5.29. The van der Waals surface area contributed by atoms with Crippen molar-refractivity contribution >= 4 is 15.9 Å². The zero-order chi connectivity index (χ0) is 21.6. The normalized spacial score (nSPS) is 11.5. The SMILES string of the molecule is CN(Cc1ccc(OC(F)F)cc1)C(=O)CCNS(=O)(=O)c1ccc(F)c(F)c1. The molecule has 0 radical (unpaired) electrons. The van der Waals surface area contributed by atoms with Crippen LogP contribution in [0, 0.1) is 11.6 Å². The Morgan fingerprint density at radius 2 is 1.76 bits per heavy atom. The summed E-state index contributed by atoms with van der Waals surface area (Å²) in [5.41, 5.74) is 0.657. The third-order valence-electron chi connectivity index (χ3n) is 3.83. The van der Waals surface area contributed by atoms with Gasteiger partial charge in [-0.05, 0) is 35.9 Å². The fourth-order valence-electron chi connectivity index (χ4n) is 2.35. The van der Waals surface area contributed by atoms with Crippen molar-refractivity contribution < 1.29 is 35.5 Å². The van der Waals surface area contributed by atoms with Gasteiger partial charge in [0.05, 0.1) is 4.90 Å². The van der Waals surface area contributed by atoms with E-state index >= 15 is 0 Å². The molecule has 2 rings (SSSR count). The molecule has 158 valence electrons. The molecule has 0 unspecified atom stereocenters. The Morgan fingerprint density at radius 3 is 2.34 bits per heavy atom. The highest BCUT2D eigenvalue weighted by atomic mass is 32.2. The van der Waals surface area contributed by atoms with Gasteiger partial charge in [-0.25, -0.2) is 21.9 Å². The summed E-state index contributed by atoms with van der Waals surface area (Å²) in [5, 5.41) is 0. The lowest BCUT2D eigenvalue weighted by atomic mass is 10.2. The monoisotopic (exact) mass is 434 g/mol. The van der Waals surface area contributed by atoms with E-state index in [4.69, 9.17) is 0 Å². The van der Waals surface area contributed by atoms with Crippen molar-refractivity contribution in [3.05, 3.63) is 59.7 Å². The van der Waals surface area contributed by atoms with E-state index in [1.165, 1.54) is 36.2 Å². The molecule has 29 heavy (non-hydrogen) atoms. The maximum atomic E-state index is 13.2. The Kier molecular flexibility index (Phi) is 7.57. The maximum absolute atomic E-state index is 13.2. The molecule has 0 heterocycles. The molecule has 0 saturated carbocycles. The van der Waals surface area contributed by atoms with Crippen LogP contribution in [0.1, 0.15) is 12.0 Å². The van der Waals surface area contributed by atoms with E-state index in [-0.39, 0.29) is 31.2 Å². The van der Waals surface area contributed by atoms with Crippen molar-refractivity contribution in [1.82, 2.24) is 9.62 Å². The van der Waals surface area contributed by atoms with Gasteiger partial charge in [-0.3, -0.25) is 4.79 Å². The van der Waals surface area contributed by atoms with Crippen LogP contribution in [-0.4, -0.2) is 39.4 Å². The number of amides is 1. The number of halogens is 4. The minimum Gasteiger partial charge on any atom is -0.435 e. The second-order valence-electron chi connectivity index (χ2n) is 6.00. The van der Waals surface area contributed by atoms with Crippen molar-refractivity contribution in [2.45, 2.75) is 24.5 Å². The number of hydrogen-bond acceptors (Lipinski definition) is 4. The summed E-state index contributed by atoms with van der Waals surface area (Å²) >= 11 is 0. The minimum absolute atomic E-state index is 0.00985. The molecule has 0 aliphatic carbocycles. The number of carbonyl (C=O) groups excluding carboxylic acids is 1. The van der Waals surface area contributed by atoms with E-state index in [0.29, 0.717) is 17.7 Å². The number of rotatable bonds is 9. The molecule has 0 bridgehead atoms. The molecular weight excluding hydrogens is 416 g/mol. The second kappa shape index (κ2) is 9.70. The van der Waals surface area contributed by atoms with Gasteiger partial charge in [0.1, 0.15) is 5.75 Å². The van der Waals surface area contributed by atoms with Crippen LogP contribution in [-0.2, 0) is 21.4 Å². The molecule has 0 atom stereocenters. The summed E-state index contributed by atoms with van der Waals surface area (Å²) in [5.74, 6) is -2.86. The summed E-state index contributed by atoms with van der Waals surface area (Å²) in [7, 11) is -2.60. The quantitative estimate of drug-likeness (QED) is 0.616. The summed E-state index contributed by atoms with van der Waals surface area (Å²) in [6.45, 7) is -3.00. The second-order valence-corrected chi connectivity index (χ2v) is 7.76. The number of ether oxygens (including phenoxy) is 1. The minimum atomic E-state index is -4.10. The van der Waals surface area contributed by atoms with Gasteiger partial charge in [-0.2, -0.15) is 8.78 Å². The number of hydrogen-bond donors (Lipinski definition) is 1. The molecule has 1 amide bonds. The fraction of sp³-hybridized carbons (Fsp3) is 0.278. The van der Waals surface area contributed by atoms with Gasteiger partial charge in [-0.15, -0.1) is 0 Å². The Bertz CT molecular complexity index is 953. The molecule has 0 aliphatic rings. The predicted molar refractivity (Wildman–Crippen MR) is 95.7 cm³/mol. The molecular formula is C18H18F4N2O4S. The standard InChI is InChI=1S/C18H18F4N2O4S/c1-24(11-12-2-4-13(5-3-12)28-18(21)22)17(25)8-9-23-29(26,27)14-6-7-15(19)16(20)10-14/h2-7,10,18,23H,8-9,11H2,1H3. The lowest BCUT2D eigenvalue weighted by Gasteiger charge is -2.18.